The van der Waals surface area contributed by atoms with E-state index in [1.165, 1.54) is 36.5 Å². The number of nitrogens with one attached hydrogen (secondary N) is 3. The molecule has 0 saturated heterocycles. The first kappa shape index (κ1) is 25.9. The maximum absolute atomic E-state index is 12.4. The summed E-state index contributed by atoms with van der Waals surface area (Å²) >= 11 is 0. The van der Waals surface area contributed by atoms with Crippen LogP contribution in [0.15, 0.2) is 86.6 Å². The number of ketones is 3. The standard InChI is InChI=1S/C32H18N8O3.Zn/c41-14-5-8-19-22(11-14)31-36-27(19)34-25-17-3-1-2-4-18(17)26(33-25)35-30-23-12-15(42)6-9-20(23)28(37-30)39-32-24-13-16(43)7-10-21(24)29(38-31)40-32;/h1-13H,(H5,33,34,35,36,37,38,39,40,41,42,43);/q;+2/p-2. The number of allylic oxidation sites excluding steroid dienone is 5. The predicted octanol–water partition coefficient (Wildman–Crippen LogP) is 1.26. The van der Waals surface area contributed by atoms with Crippen molar-refractivity contribution in [2.75, 3.05) is 10.6 Å². The average Bonchev–Trinajstić information content (AvgIpc) is 3.72. The Balaban J connectivity index is 0.00000289. The molecular formula is C32H16N8O3Zn. The quantitative estimate of drug-likeness (QED) is 0.249. The van der Waals surface area contributed by atoms with Crippen molar-refractivity contribution in [2.45, 2.75) is 0 Å². The number of hydrogen-bond acceptors (Lipinski definition) is 8. The molecule has 0 spiro atoms. The van der Waals surface area contributed by atoms with Gasteiger partial charge in [0.15, 0.2) is 17.3 Å². The predicted molar refractivity (Wildman–Crippen MR) is 160 cm³/mol. The number of hydrogen-bond donors (Lipinski definition) is 3. The molecule has 204 valence electrons. The molecule has 0 radical (unpaired) electrons. The second-order valence-electron chi connectivity index (χ2n) is 10.3. The van der Waals surface area contributed by atoms with Crippen LogP contribution in [0.5, 0.6) is 0 Å². The number of fused-ring (bicyclic) bond motifs is 18. The smallest absolute Gasteiger partial charge is 0.400 e. The Labute approximate surface area is 259 Å². The average molecular weight is 626 g/mol. The fourth-order valence-corrected chi connectivity index (χ4v) is 5.75. The van der Waals surface area contributed by atoms with Crippen LogP contribution in [0, 0.1) is 0 Å². The molecular weight excluding hydrogens is 610 g/mol. The molecule has 0 fully saturated rings. The Bertz CT molecular complexity index is 2510. The molecule has 5 heterocycles. The first-order chi connectivity index (χ1) is 21.0. The molecule has 3 aliphatic carbocycles. The number of anilines is 3. The van der Waals surface area contributed by atoms with Crippen LogP contribution in [0.4, 0.5) is 23.3 Å². The van der Waals surface area contributed by atoms with Crippen LogP contribution in [0.25, 0.3) is 35.1 Å². The summed E-state index contributed by atoms with van der Waals surface area (Å²) in [6, 6.07) is 7.73. The fourth-order valence-electron chi connectivity index (χ4n) is 5.75. The normalized spacial score (nSPS) is 17.1. The van der Waals surface area contributed by atoms with Crippen molar-refractivity contribution >= 4 is 81.5 Å². The van der Waals surface area contributed by atoms with Crippen molar-refractivity contribution < 1.29 is 33.9 Å². The zero-order chi connectivity index (χ0) is 28.8. The van der Waals surface area contributed by atoms with E-state index in [2.05, 4.69) is 15.6 Å². The Morgan fingerprint density at radius 1 is 0.659 bits per heavy atom. The number of benzene rings is 1. The third kappa shape index (κ3) is 3.85. The van der Waals surface area contributed by atoms with Gasteiger partial charge in [0.25, 0.3) is 0 Å². The zero-order valence-corrected chi connectivity index (χ0v) is 25.6. The molecule has 1 aromatic carbocycles. The summed E-state index contributed by atoms with van der Waals surface area (Å²) in [4.78, 5) is 64.5. The van der Waals surface area contributed by atoms with Gasteiger partial charge in [-0.15, -0.1) is 0 Å². The molecule has 0 unspecified atom stereocenters. The van der Waals surface area contributed by atoms with Crippen LogP contribution >= 0.6 is 0 Å². The van der Waals surface area contributed by atoms with E-state index >= 15 is 0 Å². The molecule has 4 aromatic rings. The number of carbonyl (C=O) groups is 3. The van der Waals surface area contributed by atoms with Gasteiger partial charge in [-0.3, -0.25) is 14.4 Å². The molecule has 8 bridgehead atoms. The first-order valence-corrected chi connectivity index (χ1v) is 13.4. The number of H-pyrrole nitrogens is 1. The molecule has 11 nitrogen and oxygen atoms in total. The summed E-state index contributed by atoms with van der Waals surface area (Å²) in [6.07, 6.45) is 14.0. The maximum Gasteiger partial charge on any atom is 2.00 e. The van der Waals surface area contributed by atoms with Crippen molar-refractivity contribution in [1.82, 2.24) is 15.0 Å². The monoisotopic (exact) mass is 624 g/mol. The molecule has 9 rings (SSSR count). The Morgan fingerprint density at radius 3 is 2.14 bits per heavy atom. The van der Waals surface area contributed by atoms with Gasteiger partial charge < -0.3 is 35.6 Å². The van der Waals surface area contributed by atoms with Gasteiger partial charge in [0.2, 0.25) is 0 Å². The van der Waals surface area contributed by atoms with E-state index in [-0.39, 0.29) is 42.3 Å². The summed E-state index contributed by atoms with van der Waals surface area (Å²) in [5, 5.41) is 9.53. The summed E-state index contributed by atoms with van der Waals surface area (Å²) in [5.74, 6) is 2.21. The van der Waals surface area contributed by atoms with Crippen molar-refractivity contribution in [3.05, 3.63) is 104 Å². The largest absolute Gasteiger partial charge is 2.00 e. The molecule has 3 aromatic heterocycles. The van der Waals surface area contributed by atoms with Gasteiger partial charge >= 0.3 is 19.5 Å². The van der Waals surface area contributed by atoms with Crippen LogP contribution < -0.4 is 42.0 Å². The minimum Gasteiger partial charge on any atom is -0.400 e. The van der Waals surface area contributed by atoms with Gasteiger partial charge in [-0.25, -0.2) is 4.99 Å². The van der Waals surface area contributed by atoms with Crippen LogP contribution in [-0.4, -0.2) is 28.2 Å². The Morgan fingerprint density at radius 2 is 1.34 bits per heavy atom. The third-order valence-electron chi connectivity index (χ3n) is 7.72. The number of amidine groups is 1. The van der Waals surface area contributed by atoms with E-state index < -0.39 is 0 Å². The fraction of sp³-hybridized carbons (Fsp3) is 0. The molecule has 0 saturated carbocycles. The van der Waals surface area contributed by atoms with Crippen LogP contribution in [0.2, 0.25) is 0 Å². The van der Waals surface area contributed by atoms with Crippen LogP contribution in [0.1, 0.15) is 11.1 Å². The van der Waals surface area contributed by atoms with Crippen LogP contribution in [-0.2, 0) is 33.9 Å². The van der Waals surface area contributed by atoms with Gasteiger partial charge in [-0.05, 0) is 76.2 Å². The van der Waals surface area contributed by atoms with Gasteiger partial charge in [0, 0.05) is 44.9 Å². The summed E-state index contributed by atoms with van der Waals surface area (Å²) in [6.45, 7) is 0. The van der Waals surface area contributed by atoms with Crippen molar-refractivity contribution in [1.29, 1.82) is 0 Å². The summed E-state index contributed by atoms with van der Waals surface area (Å²) in [7, 11) is 0. The molecule has 0 amide bonds. The minimum absolute atomic E-state index is 0. The molecule has 44 heavy (non-hydrogen) atoms. The van der Waals surface area contributed by atoms with E-state index in [0.717, 1.165) is 16.3 Å². The van der Waals surface area contributed by atoms with Gasteiger partial charge in [-0.2, -0.15) is 0 Å². The van der Waals surface area contributed by atoms with E-state index in [0.29, 0.717) is 67.6 Å². The molecule has 2 aliphatic heterocycles. The zero-order valence-electron chi connectivity index (χ0n) is 22.7. The second-order valence-corrected chi connectivity index (χ2v) is 10.3. The third-order valence-corrected chi connectivity index (χ3v) is 7.72. The maximum atomic E-state index is 12.4. The van der Waals surface area contributed by atoms with Crippen molar-refractivity contribution in [3.63, 3.8) is 0 Å². The number of aromatic nitrogens is 3. The van der Waals surface area contributed by atoms with Crippen molar-refractivity contribution in [2.24, 2.45) is 15.0 Å². The summed E-state index contributed by atoms with van der Waals surface area (Å²) in [5.41, 5.74) is 3.24. The Hall–Kier alpha value is -5.74. The topological polar surface area (TPSA) is 156 Å². The number of rotatable bonds is 0. The second kappa shape index (κ2) is 9.38. The number of carbonyl (C=O) groups excluding carboxylic acids is 3. The number of aliphatic imine (C=N–C) groups is 1. The molecule has 5 aliphatic rings. The van der Waals surface area contributed by atoms with E-state index in [1.54, 1.807) is 18.2 Å². The van der Waals surface area contributed by atoms with Gasteiger partial charge in [0.1, 0.15) is 0 Å². The minimum atomic E-state index is -0.204. The van der Waals surface area contributed by atoms with E-state index in [4.69, 9.17) is 24.9 Å². The number of nitrogens with zero attached hydrogens (tertiary/aromatic N) is 5. The van der Waals surface area contributed by atoms with Gasteiger partial charge in [0.05, 0.1) is 23.0 Å². The van der Waals surface area contributed by atoms with Crippen LogP contribution in [0.3, 0.4) is 0 Å². The molecule has 3 N–H and O–H groups in total. The molecule has 0 atom stereocenters. The summed E-state index contributed by atoms with van der Waals surface area (Å²) < 4.78 is 0. The Kier molecular flexibility index (Phi) is 5.53. The van der Waals surface area contributed by atoms with E-state index in [1.807, 2.05) is 24.3 Å². The van der Waals surface area contributed by atoms with Crippen molar-refractivity contribution in [3.8, 4) is 0 Å². The SMILES string of the molecule is O=C1C=CC2=C3N=C(Nc4[n-]c(c5ccccc45)Nc4[nH]c(c5c4C=CC(=O)C=5)=Nc4[n-]c(c5c4C=CC(=O)C=5)=N3)C2=C1.[Zn+2]. The first-order valence-electron chi connectivity index (χ1n) is 13.4. The van der Waals surface area contributed by atoms with E-state index in [9.17, 15) is 14.4 Å². The van der Waals surface area contributed by atoms with Gasteiger partial charge in [-0.1, -0.05) is 24.3 Å². The number of aromatic amines is 1. The molecule has 12 heteroatoms.